The molecule has 4 rings (SSSR count). The van der Waals surface area contributed by atoms with Gasteiger partial charge >= 0.3 is 25.0 Å². The summed E-state index contributed by atoms with van der Waals surface area (Å²) < 4.78 is 29.7. The van der Waals surface area contributed by atoms with Crippen molar-refractivity contribution in [2.24, 2.45) is 5.14 Å². The van der Waals surface area contributed by atoms with Gasteiger partial charge in [0.15, 0.2) is 5.78 Å². The lowest BCUT2D eigenvalue weighted by atomic mass is 9.64. The van der Waals surface area contributed by atoms with Crippen molar-refractivity contribution in [3.8, 4) is 11.5 Å². The maximum Gasteiger partial charge on any atom is 0.526 e. The minimum atomic E-state index is -4.41. The number of phenolic OH excluding ortho intramolecular Hbond substituents is 1. The average Bonchev–Trinajstić information content (AvgIpc) is 2.89. The maximum absolute atomic E-state index is 13.6. The number of likely N-dealkylation sites (N-methyl/N-ethyl adjacent to an activating group) is 1. The van der Waals surface area contributed by atoms with Gasteiger partial charge in [-0.25, -0.2) is 18.4 Å². The third-order valence-corrected chi connectivity index (χ3v) is 7.97. The summed E-state index contributed by atoms with van der Waals surface area (Å²) in [6, 6.07) is 6.06. The number of aromatic hydroxyl groups is 1. The number of nitrogens with one attached hydrogen (secondary N) is 1. The number of ketones is 1. The lowest BCUT2D eigenvalue weighted by Gasteiger charge is -2.33. The number of phenols is 1. The second-order valence-electron chi connectivity index (χ2n) is 9.70. The number of carbonyl (C=O) groups is 4. The van der Waals surface area contributed by atoms with Gasteiger partial charge in [-0.3, -0.25) is 19.3 Å². The van der Waals surface area contributed by atoms with Crippen molar-refractivity contribution in [3.05, 3.63) is 53.1 Å². The first-order valence-corrected chi connectivity index (χ1v) is 14.1. The number of primary sulfonamides is 1. The Labute approximate surface area is 231 Å². The molecular weight excluding hydrogens is 543 g/mol. The molecule has 1 saturated heterocycles. The molecule has 212 valence electrons. The minimum absolute atomic E-state index is 0.0476. The van der Waals surface area contributed by atoms with E-state index in [1.165, 1.54) is 11.0 Å². The predicted molar refractivity (Wildman–Crippen MR) is 142 cm³/mol. The molecule has 2 aromatic rings. The Morgan fingerprint density at radius 1 is 1.20 bits per heavy atom. The van der Waals surface area contributed by atoms with E-state index in [-0.39, 0.29) is 38.0 Å². The first-order valence-electron chi connectivity index (χ1n) is 12.5. The molecular formula is C25H29BN4O9S. The number of carbonyl (C=O) groups excluding carboxylic acids is 4. The standard InChI is InChI=1S/C25H29BN4O9S/c1-3-29-9-10-30(24(34)23(29)33)25(35)28-21(15-7-8-18(31)20(12-15)40(27,37)38)19(32)13-17-11-16-6-4-5-14(2)22(16)39-26(17)36/h4-8,12,17,21,31,36H,3,9-11,13H2,1-2H3,(H,28,35)(H2,27,37,38)/t17-,21?/m1/s1. The van der Waals surface area contributed by atoms with Crippen molar-refractivity contribution in [3.63, 3.8) is 0 Å². The third-order valence-electron chi connectivity index (χ3n) is 7.03. The summed E-state index contributed by atoms with van der Waals surface area (Å²) >= 11 is 0. The number of aryl methyl sites for hydroxylation is 1. The molecule has 0 saturated carbocycles. The monoisotopic (exact) mass is 572 g/mol. The van der Waals surface area contributed by atoms with Crippen molar-refractivity contribution in [1.82, 2.24) is 15.1 Å². The highest BCUT2D eigenvalue weighted by Gasteiger charge is 2.40. The number of sulfonamides is 1. The zero-order chi connectivity index (χ0) is 29.4. The van der Waals surface area contributed by atoms with E-state index in [0.717, 1.165) is 23.3 Å². The molecule has 2 aliphatic rings. The number of urea groups is 1. The van der Waals surface area contributed by atoms with Crippen LogP contribution in [0.5, 0.6) is 11.5 Å². The van der Waals surface area contributed by atoms with E-state index in [0.29, 0.717) is 10.6 Å². The Kier molecular flexibility index (Phi) is 8.19. The number of nitrogens with two attached hydrogens (primary N) is 1. The number of para-hydroxylation sites is 1. The van der Waals surface area contributed by atoms with Crippen LogP contribution in [0.25, 0.3) is 0 Å². The van der Waals surface area contributed by atoms with Gasteiger partial charge in [-0.2, -0.15) is 0 Å². The fraction of sp³-hybridized carbons (Fsp3) is 0.360. The normalized spacial score (nSPS) is 18.2. The number of fused-ring (bicyclic) bond motifs is 1. The van der Waals surface area contributed by atoms with Crippen LogP contribution in [0, 0.1) is 6.92 Å². The van der Waals surface area contributed by atoms with Gasteiger partial charge in [0.05, 0.1) is 0 Å². The smallest absolute Gasteiger partial charge is 0.526 e. The quantitative estimate of drug-likeness (QED) is 0.265. The van der Waals surface area contributed by atoms with E-state index in [4.69, 9.17) is 9.79 Å². The van der Waals surface area contributed by atoms with E-state index in [1.807, 2.05) is 25.1 Å². The van der Waals surface area contributed by atoms with Crippen LogP contribution in [0.2, 0.25) is 5.82 Å². The molecule has 13 nitrogen and oxygen atoms in total. The van der Waals surface area contributed by atoms with E-state index in [2.05, 4.69) is 5.32 Å². The van der Waals surface area contributed by atoms with Crippen molar-refractivity contribution in [2.45, 2.75) is 43.4 Å². The topological polar surface area (TPSA) is 197 Å². The number of amides is 4. The van der Waals surface area contributed by atoms with Crippen LogP contribution in [0.1, 0.15) is 36.1 Å². The summed E-state index contributed by atoms with van der Waals surface area (Å²) in [5.41, 5.74) is 1.55. The number of hydrogen-bond donors (Lipinski definition) is 4. The highest BCUT2D eigenvalue weighted by Crippen LogP contribution is 2.37. The van der Waals surface area contributed by atoms with E-state index in [1.54, 1.807) is 6.92 Å². The fourth-order valence-corrected chi connectivity index (χ4v) is 5.51. The van der Waals surface area contributed by atoms with Crippen LogP contribution < -0.4 is 15.1 Å². The largest absolute Gasteiger partial charge is 0.536 e. The van der Waals surface area contributed by atoms with E-state index >= 15 is 0 Å². The Bertz CT molecular complexity index is 1480. The first-order chi connectivity index (χ1) is 18.8. The summed E-state index contributed by atoms with van der Waals surface area (Å²) in [6.07, 6.45) is -0.0177. The third kappa shape index (κ3) is 5.81. The van der Waals surface area contributed by atoms with Gasteiger partial charge in [0, 0.05) is 31.9 Å². The van der Waals surface area contributed by atoms with Gasteiger partial charge in [0.2, 0.25) is 10.0 Å². The molecule has 2 aromatic carbocycles. The molecule has 1 fully saturated rings. The molecule has 40 heavy (non-hydrogen) atoms. The van der Waals surface area contributed by atoms with Crippen LogP contribution in [-0.4, -0.2) is 78.7 Å². The molecule has 0 aliphatic carbocycles. The molecule has 0 spiro atoms. The molecule has 2 atom stereocenters. The van der Waals surface area contributed by atoms with Crippen LogP contribution in [0.15, 0.2) is 41.3 Å². The number of imide groups is 1. The van der Waals surface area contributed by atoms with Crippen LogP contribution >= 0.6 is 0 Å². The summed E-state index contributed by atoms with van der Waals surface area (Å²) in [7, 11) is -5.75. The van der Waals surface area contributed by atoms with Crippen molar-refractivity contribution >= 4 is 40.8 Å². The number of nitrogens with zero attached hydrogens (tertiary/aromatic N) is 2. The van der Waals surface area contributed by atoms with Crippen molar-refractivity contribution in [1.29, 1.82) is 0 Å². The molecule has 0 bridgehead atoms. The Morgan fingerprint density at radius 2 is 1.93 bits per heavy atom. The van der Waals surface area contributed by atoms with Gasteiger partial charge in [0.25, 0.3) is 0 Å². The Balaban J connectivity index is 1.64. The van der Waals surface area contributed by atoms with Crippen LogP contribution in [0.4, 0.5) is 4.79 Å². The maximum atomic E-state index is 13.6. The number of hydrogen-bond acceptors (Lipinski definition) is 9. The minimum Gasteiger partial charge on any atom is -0.536 e. The Morgan fingerprint density at radius 3 is 2.60 bits per heavy atom. The number of Topliss-reactive ketones (excluding diaryl/α,β-unsaturated/α-hetero) is 1. The molecule has 1 unspecified atom stereocenters. The summed E-state index contributed by atoms with van der Waals surface area (Å²) in [5, 5.41) is 28.3. The zero-order valence-electron chi connectivity index (χ0n) is 21.9. The van der Waals surface area contributed by atoms with Crippen molar-refractivity contribution in [2.75, 3.05) is 19.6 Å². The van der Waals surface area contributed by atoms with E-state index in [9.17, 15) is 37.7 Å². The Hall–Kier alpha value is -3.95. The number of piperazine rings is 1. The van der Waals surface area contributed by atoms with Gasteiger partial charge in [-0.15, -0.1) is 0 Å². The zero-order valence-corrected chi connectivity index (χ0v) is 22.7. The SMILES string of the molecule is CCN1CCN(C(=O)NC(C(=O)C[C@H]2Cc3cccc(C)c3OB2O)c2ccc(O)c(S(N)(=O)=O)c2)C(=O)C1=O. The summed E-state index contributed by atoms with van der Waals surface area (Å²) in [6.45, 7) is 3.77. The number of rotatable bonds is 7. The summed E-state index contributed by atoms with van der Waals surface area (Å²) in [5.74, 6) is -3.45. The lowest BCUT2D eigenvalue weighted by molar-refractivity contribution is -0.153. The first kappa shape index (κ1) is 29.0. The molecule has 0 radical (unpaired) electrons. The van der Waals surface area contributed by atoms with Crippen LogP contribution in [-0.2, 0) is 30.8 Å². The average molecular weight is 572 g/mol. The van der Waals surface area contributed by atoms with Crippen molar-refractivity contribution < 1.29 is 42.4 Å². The van der Waals surface area contributed by atoms with Gasteiger partial charge in [-0.05, 0) is 49.1 Å². The summed E-state index contributed by atoms with van der Waals surface area (Å²) in [4.78, 5) is 52.9. The highest BCUT2D eigenvalue weighted by atomic mass is 32.2. The van der Waals surface area contributed by atoms with Crippen LogP contribution in [0.3, 0.4) is 0 Å². The second kappa shape index (κ2) is 11.3. The number of benzene rings is 2. The molecule has 5 N–H and O–H groups in total. The van der Waals surface area contributed by atoms with Gasteiger partial charge in [-0.1, -0.05) is 24.3 Å². The van der Waals surface area contributed by atoms with E-state index < -0.39 is 63.3 Å². The van der Waals surface area contributed by atoms with Gasteiger partial charge in [0.1, 0.15) is 22.4 Å². The molecule has 0 aromatic heterocycles. The molecule has 4 amide bonds. The molecule has 2 heterocycles. The highest BCUT2D eigenvalue weighted by molar-refractivity contribution is 7.89. The molecule has 2 aliphatic heterocycles. The molecule has 15 heteroatoms. The second-order valence-corrected chi connectivity index (χ2v) is 11.2. The van der Waals surface area contributed by atoms with Gasteiger partial charge < -0.3 is 25.0 Å². The lowest BCUT2D eigenvalue weighted by Crippen LogP contribution is -2.58. The predicted octanol–water partition coefficient (Wildman–Crippen LogP) is 0.234. The fourth-order valence-electron chi connectivity index (χ4n) is 4.85.